The van der Waals surface area contributed by atoms with Crippen LogP contribution in [-0.4, -0.2) is 44.9 Å². The van der Waals surface area contributed by atoms with E-state index >= 15 is 0 Å². The van der Waals surface area contributed by atoms with Crippen LogP contribution in [0.1, 0.15) is 37.8 Å². The molecule has 2 aromatic carbocycles. The first-order valence-corrected chi connectivity index (χ1v) is 12.6. The number of hydrogen-bond donors (Lipinski definition) is 1. The zero-order valence-corrected chi connectivity index (χ0v) is 19.9. The summed E-state index contributed by atoms with van der Waals surface area (Å²) in [4.78, 5) is 12.8. The van der Waals surface area contributed by atoms with Gasteiger partial charge in [-0.25, -0.2) is 0 Å². The largest absolute Gasteiger partial charge is 0.494 e. The normalized spacial score (nSPS) is 17.0. The van der Waals surface area contributed by atoms with Crippen LogP contribution in [0.25, 0.3) is 0 Å². The minimum Gasteiger partial charge on any atom is -0.494 e. The van der Waals surface area contributed by atoms with Gasteiger partial charge in [0.05, 0.1) is 18.2 Å². The van der Waals surface area contributed by atoms with E-state index in [1.54, 1.807) is 24.3 Å². The van der Waals surface area contributed by atoms with Crippen LogP contribution in [0.2, 0.25) is 0 Å². The summed E-state index contributed by atoms with van der Waals surface area (Å²) in [6, 6.07) is 15.0. The number of aryl methyl sites for hydroxylation is 1. The van der Waals surface area contributed by atoms with E-state index < -0.39 is 10.2 Å². The Labute approximate surface area is 191 Å². The number of piperidine rings is 1. The highest BCUT2D eigenvalue weighted by Crippen LogP contribution is 2.27. The molecular weight excluding hydrogens is 426 g/mol. The molecule has 7 nitrogen and oxygen atoms in total. The minimum absolute atomic E-state index is 0.101. The molecule has 0 unspecified atom stereocenters. The molecule has 1 atom stereocenters. The maximum atomic E-state index is 13.4. The van der Waals surface area contributed by atoms with E-state index in [0.717, 1.165) is 11.1 Å². The van der Waals surface area contributed by atoms with E-state index in [-0.39, 0.29) is 18.4 Å². The molecule has 1 heterocycles. The van der Waals surface area contributed by atoms with Crippen LogP contribution >= 0.6 is 0 Å². The second kappa shape index (κ2) is 10.8. The first kappa shape index (κ1) is 24.1. The molecule has 3 rings (SSSR count). The van der Waals surface area contributed by atoms with E-state index in [2.05, 4.69) is 5.32 Å². The average Bonchev–Trinajstić information content (AvgIpc) is 2.79. The molecule has 1 amide bonds. The number of rotatable bonds is 9. The van der Waals surface area contributed by atoms with Gasteiger partial charge in [0.2, 0.25) is 5.91 Å². The second-order valence-electron chi connectivity index (χ2n) is 8.00. The van der Waals surface area contributed by atoms with Gasteiger partial charge in [-0.15, -0.1) is 0 Å². The third kappa shape index (κ3) is 5.81. The SMILES string of the molecule is CCOc1ccc(N(CC)S(=O)(=O)N2CCC[C@H](C(=O)NCc3cccc(C)c3)C2)cc1. The van der Waals surface area contributed by atoms with E-state index in [1.807, 2.05) is 45.0 Å². The number of nitrogens with one attached hydrogen (secondary N) is 1. The van der Waals surface area contributed by atoms with Crippen molar-refractivity contribution in [3.05, 3.63) is 59.7 Å². The molecule has 0 aliphatic carbocycles. The van der Waals surface area contributed by atoms with E-state index in [0.29, 0.717) is 50.5 Å². The van der Waals surface area contributed by atoms with Crippen LogP contribution in [0, 0.1) is 12.8 Å². The highest BCUT2D eigenvalue weighted by atomic mass is 32.2. The van der Waals surface area contributed by atoms with Crippen molar-refractivity contribution in [2.45, 2.75) is 40.2 Å². The summed E-state index contributed by atoms with van der Waals surface area (Å²) in [7, 11) is -3.75. The number of carbonyl (C=O) groups excluding carboxylic acids is 1. The Kier molecular flexibility index (Phi) is 8.15. The maximum Gasteiger partial charge on any atom is 0.304 e. The van der Waals surface area contributed by atoms with Crippen molar-refractivity contribution in [2.75, 3.05) is 30.5 Å². The van der Waals surface area contributed by atoms with Gasteiger partial charge in [-0.2, -0.15) is 12.7 Å². The van der Waals surface area contributed by atoms with Crippen molar-refractivity contribution in [3.8, 4) is 5.75 Å². The summed E-state index contributed by atoms with van der Waals surface area (Å²) in [5, 5.41) is 2.97. The average molecular weight is 460 g/mol. The lowest BCUT2D eigenvalue weighted by molar-refractivity contribution is -0.126. The second-order valence-corrected chi connectivity index (χ2v) is 9.86. The minimum atomic E-state index is -3.75. The zero-order valence-electron chi connectivity index (χ0n) is 19.1. The predicted octanol–water partition coefficient (Wildman–Crippen LogP) is 3.49. The Morgan fingerprint density at radius 2 is 1.94 bits per heavy atom. The molecule has 1 saturated heterocycles. The van der Waals surface area contributed by atoms with Crippen molar-refractivity contribution < 1.29 is 17.9 Å². The van der Waals surface area contributed by atoms with Crippen LogP contribution in [0.3, 0.4) is 0 Å². The number of anilines is 1. The number of benzene rings is 2. The van der Waals surface area contributed by atoms with E-state index in [1.165, 1.54) is 8.61 Å². The molecule has 1 N–H and O–H groups in total. The summed E-state index contributed by atoms with van der Waals surface area (Å²) in [5.41, 5.74) is 2.76. The number of nitrogens with zero attached hydrogens (tertiary/aromatic N) is 2. The molecule has 0 bridgehead atoms. The summed E-state index contributed by atoms with van der Waals surface area (Å²) >= 11 is 0. The lowest BCUT2D eigenvalue weighted by Gasteiger charge is -2.35. The van der Waals surface area contributed by atoms with Crippen molar-refractivity contribution >= 4 is 21.8 Å². The topological polar surface area (TPSA) is 79.0 Å². The maximum absolute atomic E-state index is 13.4. The van der Waals surface area contributed by atoms with Crippen LogP contribution in [0.5, 0.6) is 5.75 Å². The fraction of sp³-hybridized carbons (Fsp3) is 0.458. The van der Waals surface area contributed by atoms with Crippen LogP contribution in [0.15, 0.2) is 48.5 Å². The summed E-state index contributed by atoms with van der Waals surface area (Å²) < 4.78 is 35.1. The van der Waals surface area contributed by atoms with Crippen molar-refractivity contribution in [1.29, 1.82) is 0 Å². The monoisotopic (exact) mass is 459 g/mol. The van der Waals surface area contributed by atoms with Crippen LogP contribution in [-0.2, 0) is 21.5 Å². The highest BCUT2D eigenvalue weighted by Gasteiger charge is 2.35. The van der Waals surface area contributed by atoms with Crippen LogP contribution < -0.4 is 14.4 Å². The molecule has 0 saturated carbocycles. The smallest absolute Gasteiger partial charge is 0.304 e. The van der Waals surface area contributed by atoms with Gasteiger partial charge in [-0.3, -0.25) is 9.10 Å². The van der Waals surface area contributed by atoms with Gasteiger partial charge in [-0.05, 0) is 63.4 Å². The molecule has 0 spiro atoms. The van der Waals surface area contributed by atoms with Gasteiger partial charge in [0.15, 0.2) is 0 Å². The first-order valence-electron chi connectivity index (χ1n) is 11.2. The molecule has 0 radical (unpaired) electrons. The van der Waals surface area contributed by atoms with Crippen molar-refractivity contribution in [2.24, 2.45) is 5.92 Å². The molecule has 1 aliphatic rings. The quantitative estimate of drug-likeness (QED) is 0.623. The Morgan fingerprint density at radius 3 is 2.59 bits per heavy atom. The summed E-state index contributed by atoms with van der Waals surface area (Å²) in [6.45, 7) is 7.63. The summed E-state index contributed by atoms with van der Waals surface area (Å²) in [5.74, 6) is 0.242. The van der Waals surface area contributed by atoms with E-state index in [9.17, 15) is 13.2 Å². The molecule has 174 valence electrons. The van der Waals surface area contributed by atoms with E-state index in [4.69, 9.17) is 4.74 Å². The Bertz CT molecular complexity index is 1010. The molecule has 32 heavy (non-hydrogen) atoms. The Morgan fingerprint density at radius 1 is 1.19 bits per heavy atom. The molecular formula is C24H33N3O4S. The van der Waals surface area contributed by atoms with Gasteiger partial charge >= 0.3 is 10.2 Å². The van der Waals surface area contributed by atoms with Crippen LogP contribution in [0.4, 0.5) is 5.69 Å². The third-order valence-electron chi connectivity index (χ3n) is 5.63. The fourth-order valence-electron chi connectivity index (χ4n) is 4.02. The molecule has 8 heteroatoms. The summed E-state index contributed by atoms with van der Waals surface area (Å²) in [6.07, 6.45) is 1.34. The molecule has 0 aromatic heterocycles. The Balaban J connectivity index is 1.67. The molecule has 2 aromatic rings. The highest BCUT2D eigenvalue weighted by molar-refractivity contribution is 7.90. The number of amides is 1. The number of carbonyl (C=O) groups is 1. The molecule has 1 fully saturated rings. The number of hydrogen-bond acceptors (Lipinski definition) is 4. The fourth-order valence-corrected chi connectivity index (χ4v) is 5.74. The third-order valence-corrected chi connectivity index (χ3v) is 7.64. The van der Waals surface area contributed by atoms with Gasteiger partial charge in [-0.1, -0.05) is 29.8 Å². The lowest BCUT2D eigenvalue weighted by Crippen LogP contribution is -2.50. The zero-order chi connectivity index (χ0) is 23.1. The van der Waals surface area contributed by atoms with Crippen molar-refractivity contribution in [3.63, 3.8) is 0 Å². The predicted molar refractivity (Wildman–Crippen MR) is 127 cm³/mol. The number of ether oxygens (including phenoxy) is 1. The van der Waals surface area contributed by atoms with Gasteiger partial charge in [0, 0.05) is 26.2 Å². The standard InChI is InChI=1S/C24H33N3O4S/c1-4-27(22-11-13-23(14-12-22)31-5-2)32(29,30)26-15-7-10-21(18-26)24(28)25-17-20-9-6-8-19(3)16-20/h6,8-9,11-14,16,21H,4-5,7,10,15,17-18H2,1-3H3,(H,25,28)/t21-/m0/s1. The van der Waals surface area contributed by atoms with Crippen molar-refractivity contribution in [1.82, 2.24) is 9.62 Å². The van der Waals surface area contributed by atoms with Gasteiger partial charge in [0.1, 0.15) is 5.75 Å². The van der Waals surface area contributed by atoms with Gasteiger partial charge in [0.25, 0.3) is 0 Å². The first-order chi connectivity index (χ1) is 15.3. The lowest BCUT2D eigenvalue weighted by atomic mass is 9.98. The Hall–Kier alpha value is -2.58. The van der Waals surface area contributed by atoms with Gasteiger partial charge < -0.3 is 10.1 Å². The molecule has 1 aliphatic heterocycles.